The summed E-state index contributed by atoms with van der Waals surface area (Å²) >= 11 is 0.841. The van der Waals surface area contributed by atoms with E-state index in [1.165, 1.54) is 16.3 Å². The van der Waals surface area contributed by atoms with E-state index < -0.39 is 17.1 Å². The van der Waals surface area contributed by atoms with E-state index in [0.717, 1.165) is 33.1 Å². The van der Waals surface area contributed by atoms with Crippen LogP contribution in [0.2, 0.25) is 0 Å². The molecule has 5 rings (SSSR count). The highest BCUT2D eigenvalue weighted by molar-refractivity contribution is 8.18. The number of rotatable bonds is 6. The zero-order valence-electron chi connectivity index (χ0n) is 18.6. The highest BCUT2D eigenvalue weighted by atomic mass is 32.2. The molecule has 0 spiro atoms. The highest BCUT2D eigenvalue weighted by Crippen LogP contribution is 2.34. The third-order valence-corrected chi connectivity index (χ3v) is 6.65. The molecule has 1 fully saturated rings. The molecule has 7 heteroatoms. The second kappa shape index (κ2) is 9.19. The molecule has 0 atom stereocenters. The highest BCUT2D eigenvalue weighted by Gasteiger charge is 2.36. The number of carbonyl (C=O) groups excluding carboxylic acids is 3. The van der Waals surface area contributed by atoms with Crippen LogP contribution in [-0.2, 0) is 20.9 Å². The molecule has 0 N–H and O–H groups in total. The van der Waals surface area contributed by atoms with Crippen LogP contribution in [0.5, 0.6) is 0 Å². The van der Waals surface area contributed by atoms with Crippen molar-refractivity contribution in [3.63, 3.8) is 0 Å². The molecule has 34 heavy (non-hydrogen) atoms. The maximum atomic E-state index is 12.8. The summed E-state index contributed by atoms with van der Waals surface area (Å²) in [6.07, 6.45) is 3.73. The molecule has 1 saturated heterocycles. The number of fused-ring (bicyclic) bond motifs is 2. The summed E-state index contributed by atoms with van der Waals surface area (Å²) < 4.78 is 7.03. The molecule has 2 amide bonds. The fourth-order valence-corrected chi connectivity index (χ4v) is 5.00. The fraction of sp³-hybridized carbons (Fsp3) is 0.148. The van der Waals surface area contributed by atoms with Gasteiger partial charge in [0.15, 0.2) is 0 Å². The number of para-hydroxylation sites is 1. The lowest BCUT2D eigenvalue weighted by Crippen LogP contribution is -2.34. The molecule has 1 aromatic heterocycles. The van der Waals surface area contributed by atoms with Gasteiger partial charge in [0.2, 0.25) is 0 Å². The quantitative estimate of drug-likeness (QED) is 0.277. The molecule has 3 aromatic carbocycles. The van der Waals surface area contributed by atoms with Gasteiger partial charge in [-0.15, -0.1) is 0 Å². The predicted molar refractivity (Wildman–Crippen MR) is 134 cm³/mol. The van der Waals surface area contributed by atoms with Crippen molar-refractivity contribution in [2.24, 2.45) is 0 Å². The van der Waals surface area contributed by atoms with E-state index in [-0.39, 0.29) is 13.2 Å². The first-order valence-corrected chi connectivity index (χ1v) is 11.8. The van der Waals surface area contributed by atoms with Crippen LogP contribution in [-0.4, -0.2) is 39.7 Å². The van der Waals surface area contributed by atoms with E-state index in [2.05, 4.69) is 34.9 Å². The topological polar surface area (TPSA) is 68.6 Å². The third-order valence-electron chi connectivity index (χ3n) is 5.74. The van der Waals surface area contributed by atoms with Gasteiger partial charge in [-0.05, 0) is 53.2 Å². The molecule has 1 aliphatic rings. The minimum Gasteiger partial charge on any atom is -0.465 e. The van der Waals surface area contributed by atoms with Gasteiger partial charge in [-0.2, -0.15) is 0 Å². The first kappa shape index (κ1) is 22.0. The van der Waals surface area contributed by atoms with Gasteiger partial charge >= 0.3 is 5.97 Å². The molecule has 0 aliphatic carbocycles. The van der Waals surface area contributed by atoms with Crippen molar-refractivity contribution in [2.45, 2.75) is 13.5 Å². The number of hydrogen-bond acceptors (Lipinski definition) is 5. The summed E-state index contributed by atoms with van der Waals surface area (Å²) in [5.41, 5.74) is 3.05. The first-order chi connectivity index (χ1) is 16.5. The van der Waals surface area contributed by atoms with Crippen molar-refractivity contribution >= 4 is 56.6 Å². The second-order valence-corrected chi connectivity index (χ2v) is 8.98. The maximum absolute atomic E-state index is 12.8. The molecule has 1 aliphatic heterocycles. The van der Waals surface area contributed by atoms with Gasteiger partial charge < -0.3 is 9.30 Å². The van der Waals surface area contributed by atoms with Crippen molar-refractivity contribution in [1.29, 1.82) is 0 Å². The largest absolute Gasteiger partial charge is 0.465 e. The molecule has 6 nitrogen and oxygen atoms in total. The lowest BCUT2D eigenvalue weighted by molar-refractivity contribution is -0.145. The number of amides is 2. The third kappa shape index (κ3) is 4.22. The Balaban J connectivity index is 1.46. The molecule has 4 aromatic rings. The monoisotopic (exact) mass is 470 g/mol. The average molecular weight is 471 g/mol. The first-order valence-electron chi connectivity index (χ1n) is 11.0. The Hall–Kier alpha value is -3.84. The molecule has 0 bridgehead atoms. The number of thioether (sulfide) groups is 1. The van der Waals surface area contributed by atoms with Crippen LogP contribution in [0.4, 0.5) is 4.79 Å². The molecule has 0 unspecified atom stereocenters. The van der Waals surface area contributed by atoms with Crippen molar-refractivity contribution in [3.8, 4) is 0 Å². The van der Waals surface area contributed by atoms with Gasteiger partial charge in [0.25, 0.3) is 11.1 Å². The van der Waals surface area contributed by atoms with E-state index in [0.29, 0.717) is 11.4 Å². The van der Waals surface area contributed by atoms with Crippen LogP contribution in [0, 0.1) is 0 Å². The Bertz CT molecular complexity index is 1470. The van der Waals surface area contributed by atoms with Crippen LogP contribution in [0.3, 0.4) is 0 Å². The zero-order valence-corrected chi connectivity index (χ0v) is 19.4. The van der Waals surface area contributed by atoms with Crippen molar-refractivity contribution < 1.29 is 19.1 Å². The summed E-state index contributed by atoms with van der Waals surface area (Å²) in [5.74, 6) is -1.08. The van der Waals surface area contributed by atoms with Crippen molar-refractivity contribution in [1.82, 2.24) is 9.47 Å². The normalized spacial score (nSPS) is 15.1. The lowest BCUT2D eigenvalue weighted by Gasteiger charge is -2.10. The van der Waals surface area contributed by atoms with Gasteiger partial charge in [-0.3, -0.25) is 19.3 Å². The number of benzene rings is 3. The van der Waals surface area contributed by atoms with Crippen molar-refractivity contribution in [2.75, 3.05) is 13.2 Å². The minimum atomic E-state index is -0.599. The Morgan fingerprint density at radius 3 is 2.59 bits per heavy atom. The van der Waals surface area contributed by atoms with Gasteiger partial charge in [0, 0.05) is 29.2 Å². The number of imide groups is 1. The average Bonchev–Trinajstić information content (AvgIpc) is 3.31. The van der Waals surface area contributed by atoms with Crippen molar-refractivity contribution in [3.05, 3.63) is 89.0 Å². The van der Waals surface area contributed by atoms with E-state index in [9.17, 15) is 14.4 Å². The van der Waals surface area contributed by atoms with Crippen LogP contribution >= 0.6 is 11.8 Å². The van der Waals surface area contributed by atoms with Crippen LogP contribution in [0.1, 0.15) is 18.1 Å². The molecule has 170 valence electrons. The molecule has 0 radical (unpaired) electrons. The summed E-state index contributed by atoms with van der Waals surface area (Å²) in [6.45, 7) is 2.17. The van der Waals surface area contributed by atoms with Crippen LogP contribution < -0.4 is 0 Å². The van der Waals surface area contributed by atoms with Gasteiger partial charge in [-0.25, -0.2) is 0 Å². The van der Waals surface area contributed by atoms with Crippen LogP contribution in [0.25, 0.3) is 27.8 Å². The fourth-order valence-electron chi connectivity index (χ4n) is 4.17. The smallest absolute Gasteiger partial charge is 0.326 e. The van der Waals surface area contributed by atoms with E-state index in [1.54, 1.807) is 13.0 Å². The standard InChI is InChI=1S/C27H22N2O4S/c1-2-33-25(30)17-29-26(31)24(34-27(29)32)14-21-16-28(23-10-6-5-9-22(21)23)15-18-11-12-19-7-3-4-8-20(19)13-18/h3-14,16H,2,15,17H2,1H3/b24-14-. The number of ether oxygens (including phenoxy) is 1. The second-order valence-electron chi connectivity index (χ2n) is 7.98. The number of hydrogen-bond donors (Lipinski definition) is 0. The van der Waals surface area contributed by atoms with Crippen LogP contribution in [0.15, 0.2) is 77.8 Å². The minimum absolute atomic E-state index is 0.196. The van der Waals surface area contributed by atoms with E-state index >= 15 is 0 Å². The Kier molecular flexibility index (Phi) is 5.94. The van der Waals surface area contributed by atoms with Gasteiger partial charge in [-0.1, -0.05) is 54.6 Å². The number of aromatic nitrogens is 1. The van der Waals surface area contributed by atoms with E-state index in [1.807, 2.05) is 42.6 Å². The maximum Gasteiger partial charge on any atom is 0.326 e. The lowest BCUT2D eigenvalue weighted by atomic mass is 10.1. The molecule has 2 heterocycles. The Morgan fingerprint density at radius 1 is 1.00 bits per heavy atom. The van der Waals surface area contributed by atoms with E-state index in [4.69, 9.17) is 4.74 Å². The summed E-state index contributed by atoms with van der Waals surface area (Å²) in [7, 11) is 0. The Morgan fingerprint density at radius 2 is 1.76 bits per heavy atom. The molecular formula is C27H22N2O4S. The molecular weight excluding hydrogens is 448 g/mol. The summed E-state index contributed by atoms with van der Waals surface area (Å²) in [6, 6.07) is 22.7. The SMILES string of the molecule is CCOC(=O)CN1C(=O)S/C(=C\c2cn(Cc3ccc4ccccc4c3)c3ccccc23)C1=O. The summed E-state index contributed by atoms with van der Waals surface area (Å²) in [4.78, 5) is 38.2. The number of nitrogens with zero attached hydrogens (tertiary/aromatic N) is 2. The predicted octanol–water partition coefficient (Wildman–Crippen LogP) is 5.44. The zero-order chi connectivity index (χ0) is 23.7. The molecule has 0 saturated carbocycles. The van der Waals surface area contributed by atoms with Gasteiger partial charge in [0.1, 0.15) is 6.54 Å². The summed E-state index contributed by atoms with van der Waals surface area (Å²) in [5, 5.41) is 2.90. The number of esters is 1. The number of carbonyl (C=O) groups is 3. The van der Waals surface area contributed by atoms with Gasteiger partial charge in [0.05, 0.1) is 11.5 Å². The Labute approximate surface area is 200 Å².